The van der Waals surface area contributed by atoms with E-state index < -0.39 is 32.7 Å². The van der Waals surface area contributed by atoms with Gasteiger partial charge in [0.15, 0.2) is 0 Å². The lowest BCUT2D eigenvalue weighted by atomic mass is 9.85. The molecule has 1 rings (SSSR count). The van der Waals surface area contributed by atoms with Gasteiger partial charge in [0, 0.05) is 0 Å². The molecule has 0 atom stereocenters. The predicted molar refractivity (Wildman–Crippen MR) is 39.1 cm³/mol. The normalized spacial score (nSPS) is 28.5. The Morgan fingerprint density at radius 2 is 1.85 bits per heavy atom. The van der Waals surface area contributed by atoms with E-state index in [4.69, 9.17) is 5.11 Å². The molecule has 0 amide bonds. The maximum atomic E-state index is 11.9. The van der Waals surface area contributed by atoms with Crippen LogP contribution in [0.2, 0.25) is 0 Å². The molecule has 0 radical (unpaired) electrons. The number of sulfone groups is 1. The third-order valence-corrected chi connectivity index (χ3v) is 3.97. The van der Waals surface area contributed by atoms with E-state index in [2.05, 4.69) is 0 Å². The molecule has 1 N–H and O–H groups in total. The topological polar surface area (TPSA) is 71.4 Å². The first kappa shape index (κ1) is 10.4. The van der Waals surface area contributed by atoms with Gasteiger partial charge in [-0.25, -0.2) is 8.42 Å². The number of halogens is 2. The van der Waals surface area contributed by atoms with Crippen LogP contribution in [-0.2, 0) is 14.6 Å². The summed E-state index contributed by atoms with van der Waals surface area (Å²) in [6, 6.07) is 0. The Hall–Kier alpha value is -0.720. The molecule has 1 fully saturated rings. The van der Waals surface area contributed by atoms with Gasteiger partial charge < -0.3 is 5.11 Å². The molecule has 1 aliphatic rings. The highest BCUT2D eigenvalue weighted by molar-refractivity contribution is 7.92. The molecule has 0 aromatic heterocycles. The molecule has 0 unspecified atom stereocenters. The smallest absolute Gasteiger partial charge is 0.337 e. The number of hydrogen-bond donors (Lipinski definition) is 1. The molecule has 7 heteroatoms. The van der Waals surface area contributed by atoms with Crippen molar-refractivity contribution in [3.8, 4) is 0 Å². The lowest BCUT2D eigenvalue weighted by Crippen LogP contribution is -2.42. The highest BCUT2D eigenvalue weighted by Gasteiger charge is 2.46. The number of alkyl halides is 2. The fourth-order valence-electron chi connectivity index (χ4n) is 1.18. The molecule has 0 spiro atoms. The second-order valence-electron chi connectivity index (χ2n) is 2.98. The van der Waals surface area contributed by atoms with Gasteiger partial charge in [-0.1, -0.05) is 0 Å². The average Bonchev–Trinajstić information content (AvgIpc) is 1.80. The van der Waals surface area contributed by atoms with Crippen molar-refractivity contribution < 1.29 is 27.1 Å². The van der Waals surface area contributed by atoms with Crippen LogP contribution in [0.5, 0.6) is 0 Å². The monoisotopic (exact) mass is 214 g/mol. The van der Waals surface area contributed by atoms with Gasteiger partial charge in [-0.15, -0.1) is 0 Å². The van der Waals surface area contributed by atoms with Gasteiger partial charge in [-0.3, -0.25) is 4.79 Å². The summed E-state index contributed by atoms with van der Waals surface area (Å²) in [6.45, 7) is 0. The largest absolute Gasteiger partial charge is 0.481 e. The van der Waals surface area contributed by atoms with Gasteiger partial charge in [0.25, 0.3) is 0 Å². The van der Waals surface area contributed by atoms with Crippen molar-refractivity contribution >= 4 is 15.8 Å². The second-order valence-corrected chi connectivity index (χ2v) is 5.18. The van der Waals surface area contributed by atoms with Crippen LogP contribution >= 0.6 is 0 Å². The second kappa shape index (κ2) is 3.21. The molecule has 0 aliphatic heterocycles. The molecular formula is C6H8F2O4S. The Kier molecular flexibility index (Phi) is 2.56. The van der Waals surface area contributed by atoms with Crippen molar-refractivity contribution in [1.82, 2.24) is 0 Å². The molecule has 1 saturated carbocycles. The molecule has 0 heterocycles. The maximum Gasteiger partial charge on any atom is 0.337 e. The molecule has 0 bridgehead atoms. The number of rotatable bonds is 3. The first-order valence-electron chi connectivity index (χ1n) is 3.59. The molecule has 0 saturated heterocycles. The van der Waals surface area contributed by atoms with E-state index >= 15 is 0 Å². The van der Waals surface area contributed by atoms with Crippen LogP contribution in [0.1, 0.15) is 12.8 Å². The standard InChI is InChI=1S/C6H8F2O4S/c7-6(8)13(11,12)4-1-3(2-4)5(9)10/h3-4,6H,1-2H2,(H,9,10). The van der Waals surface area contributed by atoms with Crippen molar-refractivity contribution in [3.63, 3.8) is 0 Å². The Morgan fingerprint density at radius 3 is 2.15 bits per heavy atom. The van der Waals surface area contributed by atoms with Gasteiger partial charge in [0.05, 0.1) is 11.2 Å². The summed E-state index contributed by atoms with van der Waals surface area (Å²) < 4.78 is 45.2. The minimum atomic E-state index is -4.40. The third-order valence-electron chi connectivity index (χ3n) is 2.16. The number of carboxylic acid groups (broad SMARTS) is 1. The quantitative estimate of drug-likeness (QED) is 0.742. The SMILES string of the molecule is O=C(O)C1CC(S(=O)(=O)C(F)F)C1. The van der Waals surface area contributed by atoms with Crippen LogP contribution in [0.15, 0.2) is 0 Å². The third kappa shape index (κ3) is 1.79. The summed E-state index contributed by atoms with van der Waals surface area (Å²) in [4.78, 5) is 10.2. The number of hydrogen-bond acceptors (Lipinski definition) is 3. The zero-order chi connectivity index (χ0) is 10.2. The van der Waals surface area contributed by atoms with E-state index in [0.717, 1.165) is 0 Å². The minimum absolute atomic E-state index is 0.192. The fourth-order valence-corrected chi connectivity index (χ4v) is 2.47. The molecule has 1 aliphatic carbocycles. The Morgan fingerprint density at radius 1 is 1.38 bits per heavy atom. The Balaban J connectivity index is 2.58. The van der Waals surface area contributed by atoms with Crippen LogP contribution in [0.25, 0.3) is 0 Å². The average molecular weight is 214 g/mol. The first-order chi connectivity index (χ1) is 5.85. The minimum Gasteiger partial charge on any atom is -0.481 e. The lowest BCUT2D eigenvalue weighted by molar-refractivity contribution is -0.144. The number of aliphatic carboxylic acids is 1. The van der Waals surface area contributed by atoms with Crippen LogP contribution in [0.3, 0.4) is 0 Å². The van der Waals surface area contributed by atoms with Gasteiger partial charge in [0.1, 0.15) is 0 Å². The van der Waals surface area contributed by atoms with Crippen LogP contribution < -0.4 is 0 Å². The number of carbonyl (C=O) groups is 1. The zero-order valence-electron chi connectivity index (χ0n) is 6.48. The van der Waals surface area contributed by atoms with E-state index in [0.29, 0.717) is 0 Å². The lowest BCUT2D eigenvalue weighted by Gasteiger charge is -2.31. The summed E-state index contributed by atoms with van der Waals surface area (Å²) >= 11 is 0. The van der Waals surface area contributed by atoms with Crippen molar-refractivity contribution in [3.05, 3.63) is 0 Å². The number of carboxylic acids is 1. The van der Waals surface area contributed by atoms with Crippen molar-refractivity contribution in [2.75, 3.05) is 0 Å². The summed E-state index contributed by atoms with van der Waals surface area (Å²) in [6.07, 6.45) is -0.385. The fraction of sp³-hybridized carbons (Fsp3) is 0.833. The van der Waals surface area contributed by atoms with Crippen LogP contribution in [-0.4, -0.2) is 30.5 Å². The van der Waals surface area contributed by atoms with Crippen molar-refractivity contribution in [1.29, 1.82) is 0 Å². The van der Waals surface area contributed by atoms with Crippen molar-refractivity contribution in [2.24, 2.45) is 5.92 Å². The van der Waals surface area contributed by atoms with Gasteiger partial charge in [-0.2, -0.15) is 8.78 Å². The summed E-state index contributed by atoms with van der Waals surface area (Å²) in [7, 11) is -4.40. The van der Waals surface area contributed by atoms with Crippen LogP contribution in [0, 0.1) is 5.92 Å². The van der Waals surface area contributed by atoms with E-state index in [-0.39, 0.29) is 12.8 Å². The van der Waals surface area contributed by atoms with Gasteiger partial charge >= 0.3 is 11.7 Å². The highest BCUT2D eigenvalue weighted by Crippen LogP contribution is 2.35. The molecule has 13 heavy (non-hydrogen) atoms. The molecule has 0 aromatic rings. The van der Waals surface area contributed by atoms with Crippen molar-refractivity contribution in [2.45, 2.75) is 23.8 Å². The summed E-state index contributed by atoms with van der Waals surface area (Å²) in [5.74, 6) is -5.30. The van der Waals surface area contributed by atoms with Crippen LogP contribution in [0.4, 0.5) is 8.78 Å². The summed E-state index contributed by atoms with van der Waals surface area (Å²) in [5, 5.41) is 7.20. The predicted octanol–water partition coefficient (Wildman–Crippen LogP) is 0.487. The molecular weight excluding hydrogens is 206 g/mol. The Bertz CT molecular complexity index is 305. The van der Waals surface area contributed by atoms with E-state index in [1.807, 2.05) is 0 Å². The Labute approximate surface area is 73.5 Å². The summed E-state index contributed by atoms with van der Waals surface area (Å²) in [5.41, 5.74) is 0. The zero-order valence-corrected chi connectivity index (χ0v) is 7.30. The highest BCUT2D eigenvalue weighted by atomic mass is 32.2. The van der Waals surface area contributed by atoms with E-state index in [1.165, 1.54) is 0 Å². The van der Waals surface area contributed by atoms with E-state index in [9.17, 15) is 22.0 Å². The molecule has 4 nitrogen and oxygen atoms in total. The molecule has 76 valence electrons. The first-order valence-corrected chi connectivity index (χ1v) is 5.20. The van der Waals surface area contributed by atoms with E-state index in [1.54, 1.807) is 0 Å². The maximum absolute atomic E-state index is 11.9. The van der Waals surface area contributed by atoms with Gasteiger partial charge in [-0.05, 0) is 12.8 Å². The molecule has 0 aromatic carbocycles. The van der Waals surface area contributed by atoms with Gasteiger partial charge in [0.2, 0.25) is 9.84 Å².